The summed E-state index contributed by atoms with van der Waals surface area (Å²) in [5, 5.41) is 2.89. The first-order valence-electron chi connectivity index (χ1n) is 11.0. The molecule has 0 saturated carbocycles. The fourth-order valence-corrected chi connectivity index (χ4v) is 3.68. The zero-order valence-electron chi connectivity index (χ0n) is 18.6. The number of amides is 1. The van der Waals surface area contributed by atoms with Crippen LogP contribution in [0.4, 0.5) is 4.39 Å². The molecule has 0 saturated heterocycles. The number of nitrogens with zero attached hydrogens (tertiary/aromatic N) is 1. The highest BCUT2D eigenvalue weighted by molar-refractivity contribution is 5.91. The molecule has 1 aromatic heterocycles. The monoisotopic (exact) mass is 442 g/mol. The summed E-state index contributed by atoms with van der Waals surface area (Å²) >= 11 is 0. The van der Waals surface area contributed by atoms with Gasteiger partial charge in [0.2, 0.25) is 0 Å². The third-order valence-corrected chi connectivity index (χ3v) is 5.38. The molecular weight excluding hydrogens is 415 g/mol. The SMILES string of the molecule is Cc1ccc(CN(Cc2cccc(F)c2)Cc2ccc(C(=O)NCc3ccccc3)o2)cc1. The molecule has 0 atom stereocenters. The lowest BCUT2D eigenvalue weighted by atomic mass is 10.1. The summed E-state index contributed by atoms with van der Waals surface area (Å²) in [6, 6.07) is 28.2. The van der Waals surface area contributed by atoms with Crippen molar-refractivity contribution in [1.29, 1.82) is 0 Å². The molecule has 4 aromatic rings. The largest absolute Gasteiger partial charge is 0.455 e. The zero-order chi connectivity index (χ0) is 23.0. The van der Waals surface area contributed by atoms with Crippen molar-refractivity contribution in [2.45, 2.75) is 33.1 Å². The highest BCUT2D eigenvalue weighted by Gasteiger charge is 2.15. The van der Waals surface area contributed by atoms with Crippen LogP contribution in [0.2, 0.25) is 0 Å². The van der Waals surface area contributed by atoms with Crippen LogP contribution < -0.4 is 5.32 Å². The van der Waals surface area contributed by atoms with Crippen molar-refractivity contribution in [2.24, 2.45) is 0 Å². The average Bonchev–Trinajstić information content (AvgIpc) is 3.28. The van der Waals surface area contributed by atoms with Crippen LogP contribution >= 0.6 is 0 Å². The predicted octanol–water partition coefficient (Wildman–Crippen LogP) is 5.86. The molecule has 3 aromatic carbocycles. The Hall–Kier alpha value is -3.70. The number of benzene rings is 3. The van der Waals surface area contributed by atoms with Crippen LogP contribution in [-0.2, 0) is 26.2 Å². The van der Waals surface area contributed by atoms with Gasteiger partial charge < -0.3 is 9.73 Å². The number of carbonyl (C=O) groups excluding carboxylic acids is 1. The summed E-state index contributed by atoms with van der Waals surface area (Å²) < 4.78 is 19.6. The number of carbonyl (C=O) groups is 1. The lowest BCUT2D eigenvalue weighted by Gasteiger charge is -2.22. The average molecular weight is 443 g/mol. The molecule has 1 amide bonds. The molecule has 0 aliphatic carbocycles. The quantitative estimate of drug-likeness (QED) is 0.353. The minimum Gasteiger partial charge on any atom is -0.455 e. The minimum atomic E-state index is -0.252. The molecule has 1 N–H and O–H groups in total. The Labute approximate surface area is 193 Å². The Morgan fingerprint density at radius 2 is 1.55 bits per heavy atom. The van der Waals surface area contributed by atoms with Gasteiger partial charge in [0.25, 0.3) is 5.91 Å². The van der Waals surface area contributed by atoms with E-state index in [0.29, 0.717) is 31.9 Å². The van der Waals surface area contributed by atoms with Gasteiger partial charge in [0.1, 0.15) is 11.6 Å². The van der Waals surface area contributed by atoms with E-state index < -0.39 is 0 Å². The Morgan fingerprint density at radius 1 is 0.818 bits per heavy atom. The summed E-state index contributed by atoms with van der Waals surface area (Å²) in [5.41, 5.74) is 4.27. The van der Waals surface area contributed by atoms with Crippen LogP contribution in [0.15, 0.2) is 95.4 Å². The van der Waals surface area contributed by atoms with Gasteiger partial charge in [-0.05, 0) is 47.9 Å². The molecule has 5 heteroatoms. The first-order valence-corrected chi connectivity index (χ1v) is 11.0. The minimum absolute atomic E-state index is 0.250. The van der Waals surface area contributed by atoms with E-state index in [1.807, 2.05) is 42.5 Å². The number of hydrogen-bond acceptors (Lipinski definition) is 3. The van der Waals surface area contributed by atoms with E-state index in [-0.39, 0.29) is 17.5 Å². The number of rotatable bonds is 9. The molecule has 0 spiro atoms. The summed E-state index contributed by atoms with van der Waals surface area (Å²) in [4.78, 5) is 14.7. The zero-order valence-corrected chi connectivity index (χ0v) is 18.6. The van der Waals surface area contributed by atoms with Crippen LogP contribution in [-0.4, -0.2) is 10.8 Å². The Balaban J connectivity index is 1.44. The topological polar surface area (TPSA) is 45.5 Å². The number of halogens is 1. The number of furan rings is 1. The molecule has 168 valence electrons. The second-order valence-electron chi connectivity index (χ2n) is 8.19. The maximum atomic E-state index is 13.7. The van der Waals surface area contributed by atoms with E-state index in [0.717, 1.165) is 16.7 Å². The lowest BCUT2D eigenvalue weighted by Crippen LogP contribution is -2.23. The van der Waals surface area contributed by atoms with Gasteiger partial charge in [-0.15, -0.1) is 0 Å². The van der Waals surface area contributed by atoms with Crippen molar-refractivity contribution < 1.29 is 13.6 Å². The normalized spacial score (nSPS) is 11.0. The second kappa shape index (κ2) is 10.7. The van der Waals surface area contributed by atoms with E-state index >= 15 is 0 Å². The van der Waals surface area contributed by atoms with Crippen LogP contribution in [0.25, 0.3) is 0 Å². The highest BCUT2D eigenvalue weighted by Crippen LogP contribution is 2.17. The molecule has 33 heavy (non-hydrogen) atoms. The standard InChI is InChI=1S/C28H27FN2O2/c1-21-10-12-23(13-11-21)18-31(19-24-8-5-9-25(29)16-24)20-26-14-15-27(33-26)28(32)30-17-22-6-3-2-4-7-22/h2-16H,17-20H2,1H3,(H,30,32). The third-order valence-electron chi connectivity index (χ3n) is 5.38. The van der Waals surface area contributed by atoms with Gasteiger partial charge in [0.15, 0.2) is 5.76 Å². The van der Waals surface area contributed by atoms with E-state index in [2.05, 4.69) is 41.4 Å². The van der Waals surface area contributed by atoms with Crippen molar-refractivity contribution in [3.05, 3.63) is 131 Å². The fraction of sp³-hybridized carbons (Fsp3) is 0.179. The number of hydrogen-bond donors (Lipinski definition) is 1. The summed E-state index contributed by atoms with van der Waals surface area (Å²) in [6.45, 7) is 4.22. The Kier molecular flexibility index (Phi) is 7.33. The molecule has 4 rings (SSSR count). The molecule has 0 bridgehead atoms. The van der Waals surface area contributed by atoms with Crippen molar-refractivity contribution >= 4 is 5.91 Å². The van der Waals surface area contributed by atoms with Crippen molar-refractivity contribution in [2.75, 3.05) is 0 Å². The summed E-state index contributed by atoms with van der Waals surface area (Å²) in [5.74, 6) is 0.462. The number of nitrogens with one attached hydrogen (secondary N) is 1. The van der Waals surface area contributed by atoms with Gasteiger partial charge in [-0.1, -0.05) is 72.3 Å². The molecular formula is C28H27FN2O2. The van der Waals surface area contributed by atoms with Gasteiger partial charge in [0.05, 0.1) is 6.54 Å². The van der Waals surface area contributed by atoms with E-state index in [9.17, 15) is 9.18 Å². The molecule has 0 unspecified atom stereocenters. The molecule has 4 nitrogen and oxygen atoms in total. The van der Waals surface area contributed by atoms with E-state index in [1.54, 1.807) is 18.2 Å². The van der Waals surface area contributed by atoms with Crippen LogP contribution in [0, 0.1) is 12.7 Å². The number of aryl methyl sites for hydroxylation is 1. The third kappa shape index (κ3) is 6.64. The Morgan fingerprint density at radius 3 is 2.30 bits per heavy atom. The molecule has 0 radical (unpaired) electrons. The molecule has 0 fully saturated rings. The first-order chi connectivity index (χ1) is 16.0. The molecule has 0 aliphatic rings. The van der Waals surface area contributed by atoms with Gasteiger partial charge in [-0.2, -0.15) is 0 Å². The smallest absolute Gasteiger partial charge is 0.287 e. The second-order valence-corrected chi connectivity index (χ2v) is 8.19. The maximum Gasteiger partial charge on any atom is 0.287 e. The molecule has 0 aliphatic heterocycles. The van der Waals surface area contributed by atoms with E-state index in [4.69, 9.17) is 4.42 Å². The Bertz CT molecular complexity index is 1190. The van der Waals surface area contributed by atoms with Crippen LogP contribution in [0.3, 0.4) is 0 Å². The van der Waals surface area contributed by atoms with Crippen molar-refractivity contribution in [1.82, 2.24) is 10.2 Å². The van der Waals surface area contributed by atoms with E-state index in [1.165, 1.54) is 11.6 Å². The van der Waals surface area contributed by atoms with Gasteiger partial charge in [0, 0.05) is 19.6 Å². The lowest BCUT2D eigenvalue weighted by molar-refractivity contribution is 0.0918. The van der Waals surface area contributed by atoms with Crippen LogP contribution in [0.5, 0.6) is 0 Å². The van der Waals surface area contributed by atoms with Crippen molar-refractivity contribution in [3.8, 4) is 0 Å². The molecule has 1 heterocycles. The first kappa shape index (κ1) is 22.5. The van der Waals surface area contributed by atoms with Crippen LogP contribution in [0.1, 0.15) is 38.6 Å². The van der Waals surface area contributed by atoms with Crippen molar-refractivity contribution in [3.63, 3.8) is 0 Å². The highest BCUT2D eigenvalue weighted by atomic mass is 19.1. The summed E-state index contributed by atoms with van der Waals surface area (Å²) in [6.07, 6.45) is 0. The van der Waals surface area contributed by atoms with Gasteiger partial charge in [-0.3, -0.25) is 9.69 Å². The maximum absolute atomic E-state index is 13.7. The van der Waals surface area contributed by atoms with Gasteiger partial charge >= 0.3 is 0 Å². The predicted molar refractivity (Wildman–Crippen MR) is 127 cm³/mol. The van der Waals surface area contributed by atoms with Gasteiger partial charge in [-0.25, -0.2) is 4.39 Å². The summed E-state index contributed by atoms with van der Waals surface area (Å²) in [7, 11) is 0. The fourth-order valence-electron chi connectivity index (χ4n) is 3.68.